The Balaban J connectivity index is 1.54. The molecule has 0 radical (unpaired) electrons. The highest BCUT2D eigenvalue weighted by Gasteiger charge is 2.34. The van der Waals surface area contributed by atoms with E-state index in [4.69, 9.17) is 4.74 Å². The van der Waals surface area contributed by atoms with E-state index in [2.05, 4.69) is 27.0 Å². The average molecular weight is 354 g/mol. The van der Waals surface area contributed by atoms with Gasteiger partial charge in [0.15, 0.2) is 0 Å². The van der Waals surface area contributed by atoms with Crippen LogP contribution in [0.5, 0.6) is 5.75 Å². The number of amides is 1. The summed E-state index contributed by atoms with van der Waals surface area (Å²) < 4.78 is 5.29. The van der Waals surface area contributed by atoms with E-state index in [1.54, 1.807) is 14.0 Å². The minimum atomic E-state index is 0.189. The van der Waals surface area contributed by atoms with E-state index >= 15 is 0 Å². The number of hydrogen-bond acceptors (Lipinski definition) is 4. The summed E-state index contributed by atoms with van der Waals surface area (Å²) in [7, 11) is 1.69. The summed E-state index contributed by atoms with van der Waals surface area (Å²) in [4.78, 5) is 24.1. The zero-order chi connectivity index (χ0) is 18.1. The van der Waals surface area contributed by atoms with E-state index in [1.807, 2.05) is 23.4 Å². The lowest BCUT2D eigenvalue weighted by atomic mass is 9.89. The summed E-state index contributed by atoms with van der Waals surface area (Å²) in [5.74, 6) is 1.33. The molecule has 1 unspecified atom stereocenters. The second-order valence-electron chi connectivity index (χ2n) is 7.26. The molecule has 26 heavy (non-hydrogen) atoms. The fourth-order valence-corrected chi connectivity index (χ4v) is 4.27. The van der Waals surface area contributed by atoms with Gasteiger partial charge in [-0.25, -0.2) is 4.98 Å². The average Bonchev–Trinajstić information content (AvgIpc) is 3.16. The maximum atomic E-state index is 11.6. The molecule has 0 spiro atoms. The molecule has 1 aromatic carbocycles. The molecule has 6 heteroatoms. The number of ether oxygens (including phenoxy) is 1. The zero-order valence-electron chi connectivity index (χ0n) is 15.4. The maximum Gasteiger partial charge on any atom is 0.219 e. The number of hydrogen-bond donors (Lipinski definition) is 1. The van der Waals surface area contributed by atoms with Crippen molar-refractivity contribution in [3.05, 3.63) is 47.5 Å². The molecule has 1 atom stereocenters. The van der Waals surface area contributed by atoms with Crippen molar-refractivity contribution < 1.29 is 9.53 Å². The van der Waals surface area contributed by atoms with E-state index in [1.165, 1.54) is 11.3 Å². The monoisotopic (exact) mass is 354 g/mol. The standard InChI is InChI=1S/C20H26N4O2/c1-14(25)23-9-7-16(8-10-23)24-11-18(20-19(12-24)21-13-22-20)15-3-5-17(26-2)6-4-15/h3-6,13,16,18H,7-12H2,1-2H3,(H,21,22). The number of carbonyl (C=O) groups excluding carboxylic acids is 1. The number of piperidine rings is 1. The molecule has 1 fully saturated rings. The van der Waals surface area contributed by atoms with Crippen molar-refractivity contribution in [3.63, 3.8) is 0 Å². The smallest absolute Gasteiger partial charge is 0.219 e. The molecule has 1 N–H and O–H groups in total. The lowest BCUT2D eigenvalue weighted by Gasteiger charge is -2.41. The Morgan fingerprint density at radius 3 is 2.62 bits per heavy atom. The van der Waals surface area contributed by atoms with Crippen LogP contribution in [-0.4, -0.2) is 58.5 Å². The van der Waals surface area contributed by atoms with Gasteiger partial charge in [-0.2, -0.15) is 0 Å². The molecular formula is C20H26N4O2. The third-order valence-electron chi connectivity index (χ3n) is 5.80. The molecule has 4 rings (SSSR count). The van der Waals surface area contributed by atoms with E-state index in [0.29, 0.717) is 6.04 Å². The predicted octanol–water partition coefficient (Wildman–Crippen LogP) is 2.38. The van der Waals surface area contributed by atoms with Crippen LogP contribution in [0.1, 0.15) is 42.6 Å². The number of nitrogens with zero attached hydrogens (tertiary/aromatic N) is 3. The number of nitrogens with one attached hydrogen (secondary N) is 1. The fourth-order valence-electron chi connectivity index (χ4n) is 4.27. The summed E-state index contributed by atoms with van der Waals surface area (Å²) in [6.45, 7) is 5.26. The molecule has 1 amide bonds. The first-order chi connectivity index (χ1) is 12.7. The van der Waals surface area contributed by atoms with Crippen LogP contribution in [0.4, 0.5) is 0 Å². The van der Waals surface area contributed by atoms with Crippen molar-refractivity contribution in [1.29, 1.82) is 0 Å². The lowest BCUT2D eigenvalue weighted by Crippen LogP contribution is -2.48. The van der Waals surface area contributed by atoms with Crippen LogP contribution >= 0.6 is 0 Å². The number of benzene rings is 1. The molecule has 138 valence electrons. The number of imidazole rings is 1. The lowest BCUT2D eigenvalue weighted by molar-refractivity contribution is -0.130. The third kappa shape index (κ3) is 3.21. The molecule has 3 heterocycles. The van der Waals surface area contributed by atoms with Crippen molar-refractivity contribution in [2.24, 2.45) is 0 Å². The Bertz CT molecular complexity index is 762. The molecule has 0 bridgehead atoms. The Morgan fingerprint density at radius 2 is 1.96 bits per heavy atom. The quantitative estimate of drug-likeness (QED) is 0.919. The van der Waals surface area contributed by atoms with Gasteiger partial charge >= 0.3 is 0 Å². The minimum absolute atomic E-state index is 0.189. The van der Waals surface area contributed by atoms with Crippen LogP contribution in [-0.2, 0) is 11.3 Å². The molecule has 1 saturated heterocycles. The summed E-state index contributed by atoms with van der Waals surface area (Å²) in [5.41, 5.74) is 3.64. The van der Waals surface area contributed by atoms with Gasteiger partial charge in [-0.3, -0.25) is 9.69 Å². The van der Waals surface area contributed by atoms with Gasteiger partial charge in [-0.1, -0.05) is 12.1 Å². The van der Waals surface area contributed by atoms with Gasteiger partial charge in [-0.15, -0.1) is 0 Å². The summed E-state index contributed by atoms with van der Waals surface area (Å²) >= 11 is 0. The van der Waals surface area contributed by atoms with Gasteiger partial charge in [0.05, 0.1) is 24.8 Å². The molecule has 6 nitrogen and oxygen atoms in total. The van der Waals surface area contributed by atoms with Gasteiger partial charge in [0.2, 0.25) is 5.91 Å². The zero-order valence-corrected chi connectivity index (χ0v) is 15.4. The van der Waals surface area contributed by atoms with E-state index in [-0.39, 0.29) is 11.8 Å². The largest absolute Gasteiger partial charge is 0.497 e. The van der Waals surface area contributed by atoms with Crippen LogP contribution in [0.25, 0.3) is 0 Å². The summed E-state index contributed by atoms with van der Waals surface area (Å²) in [6.07, 6.45) is 3.89. The molecule has 2 aliphatic rings. The number of aromatic nitrogens is 2. The van der Waals surface area contributed by atoms with Crippen LogP contribution in [0.2, 0.25) is 0 Å². The van der Waals surface area contributed by atoms with Crippen LogP contribution < -0.4 is 4.74 Å². The molecule has 0 aliphatic carbocycles. The Hall–Kier alpha value is -2.34. The fraction of sp³-hybridized carbons (Fsp3) is 0.500. The Kier molecular flexibility index (Phi) is 4.68. The van der Waals surface area contributed by atoms with Crippen LogP contribution in [0.3, 0.4) is 0 Å². The van der Waals surface area contributed by atoms with Gasteiger partial charge in [-0.05, 0) is 30.5 Å². The molecule has 2 aliphatic heterocycles. The SMILES string of the molecule is COc1ccc(C2CN(C3CCN(C(C)=O)CC3)Cc3[nH]cnc32)cc1. The Morgan fingerprint density at radius 1 is 1.23 bits per heavy atom. The number of methoxy groups -OCH3 is 1. The number of H-pyrrole nitrogens is 1. The highest BCUT2D eigenvalue weighted by atomic mass is 16.5. The Labute approximate surface area is 154 Å². The highest BCUT2D eigenvalue weighted by Crippen LogP contribution is 2.34. The van der Waals surface area contributed by atoms with E-state index < -0.39 is 0 Å². The second-order valence-corrected chi connectivity index (χ2v) is 7.26. The number of likely N-dealkylation sites (tertiary alicyclic amines) is 1. The first-order valence-electron chi connectivity index (χ1n) is 9.31. The van der Waals surface area contributed by atoms with Crippen molar-refractivity contribution in [3.8, 4) is 5.75 Å². The molecular weight excluding hydrogens is 328 g/mol. The molecule has 2 aromatic rings. The first-order valence-corrected chi connectivity index (χ1v) is 9.31. The van der Waals surface area contributed by atoms with Crippen LogP contribution in [0, 0.1) is 0 Å². The maximum absolute atomic E-state index is 11.6. The van der Waals surface area contributed by atoms with Crippen molar-refractivity contribution in [2.45, 2.75) is 38.3 Å². The van der Waals surface area contributed by atoms with Gasteiger partial charge < -0.3 is 14.6 Å². The molecule has 1 aromatic heterocycles. The van der Waals surface area contributed by atoms with Crippen LogP contribution in [0.15, 0.2) is 30.6 Å². The van der Waals surface area contributed by atoms with E-state index in [0.717, 1.165) is 50.5 Å². The van der Waals surface area contributed by atoms with Crippen molar-refractivity contribution >= 4 is 5.91 Å². The highest BCUT2D eigenvalue weighted by molar-refractivity contribution is 5.73. The second kappa shape index (κ2) is 7.11. The van der Waals surface area contributed by atoms with Crippen molar-refractivity contribution in [1.82, 2.24) is 19.8 Å². The van der Waals surface area contributed by atoms with Gasteiger partial charge in [0.1, 0.15) is 5.75 Å². The topological polar surface area (TPSA) is 61.5 Å². The molecule has 0 saturated carbocycles. The van der Waals surface area contributed by atoms with E-state index in [9.17, 15) is 4.79 Å². The van der Waals surface area contributed by atoms with Gasteiger partial charge in [0.25, 0.3) is 0 Å². The summed E-state index contributed by atoms with van der Waals surface area (Å²) in [6, 6.07) is 8.84. The summed E-state index contributed by atoms with van der Waals surface area (Å²) in [5, 5.41) is 0. The first kappa shape index (κ1) is 17.1. The number of rotatable bonds is 3. The number of aromatic amines is 1. The third-order valence-corrected chi connectivity index (χ3v) is 5.80. The van der Waals surface area contributed by atoms with Gasteiger partial charge in [0, 0.05) is 45.1 Å². The predicted molar refractivity (Wildman–Crippen MR) is 99.1 cm³/mol. The number of carbonyl (C=O) groups is 1. The number of fused-ring (bicyclic) bond motifs is 1. The minimum Gasteiger partial charge on any atom is -0.497 e. The van der Waals surface area contributed by atoms with Crippen molar-refractivity contribution in [2.75, 3.05) is 26.7 Å². The normalized spacial score (nSPS) is 21.5.